The second-order valence-electron chi connectivity index (χ2n) is 10.1. The van der Waals surface area contributed by atoms with Crippen LogP contribution in [-0.4, -0.2) is 46.8 Å². The smallest absolute Gasteiger partial charge is 0.348 e. The Bertz CT molecular complexity index is 910. The minimum Gasteiger partial charge on any atom is -0.348 e. The lowest BCUT2D eigenvalue weighted by Gasteiger charge is -2.46. The molecule has 1 aliphatic heterocycles. The molecule has 0 aromatic carbocycles. The molecule has 1 fully saturated rings. The second-order valence-corrected chi connectivity index (χ2v) is 10.7. The van der Waals surface area contributed by atoms with E-state index in [1.807, 2.05) is 13.8 Å². The van der Waals surface area contributed by atoms with E-state index in [9.17, 15) is 18.0 Å². The maximum atomic E-state index is 13.3. The molecule has 8 heteroatoms. The van der Waals surface area contributed by atoms with Gasteiger partial charge in [-0.15, -0.1) is 11.6 Å². The van der Waals surface area contributed by atoms with Crippen molar-refractivity contribution in [2.24, 2.45) is 17.3 Å². The molecule has 182 valence electrons. The van der Waals surface area contributed by atoms with Gasteiger partial charge in [-0.1, -0.05) is 45.9 Å². The summed E-state index contributed by atoms with van der Waals surface area (Å²) in [5.74, 6) is -0.257. The molecule has 2 heterocycles. The maximum Gasteiger partial charge on any atom is 0.417 e. The number of hydrogen-bond donors (Lipinski definition) is 1. The topological polar surface area (TPSA) is 45.2 Å². The van der Waals surface area contributed by atoms with Crippen molar-refractivity contribution >= 4 is 17.5 Å². The van der Waals surface area contributed by atoms with Gasteiger partial charge in [-0.25, -0.2) is 0 Å². The first-order chi connectivity index (χ1) is 15.4. The lowest BCUT2D eigenvalue weighted by atomic mass is 9.69. The van der Waals surface area contributed by atoms with E-state index in [2.05, 4.69) is 47.3 Å². The van der Waals surface area contributed by atoms with Gasteiger partial charge in [-0.3, -0.25) is 9.78 Å². The van der Waals surface area contributed by atoms with E-state index >= 15 is 0 Å². The summed E-state index contributed by atoms with van der Waals surface area (Å²) in [5, 5.41) is 2.90. The third-order valence-corrected chi connectivity index (χ3v) is 7.06. The lowest BCUT2D eigenvalue weighted by molar-refractivity contribution is -0.138. The fraction of sp³-hybridized carbons (Fsp3) is 0.600. The van der Waals surface area contributed by atoms with Crippen molar-refractivity contribution in [2.45, 2.75) is 58.1 Å². The number of nitrogens with zero attached hydrogens (tertiary/aromatic N) is 2. The number of amides is 1. The van der Waals surface area contributed by atoms with Crippen LogP contribution in [0.5, 0.6) is 0 Å². The molecule has 1 aromatic rings. The molecule has 2 aliphatic rings. The van der Waals surface area contributed by atoms with Crippen molar-refractivity contribution < 1.29 is 18.0 Å². The predicted octanol–water partition coefficient (Wildman–Crippen LogP) is 5.70. The fourth-order valence-corrected chi connectivity index (χ4v) is 5.04. The second kappa shape index (κ2) is 10.2. The van der Waals surface area contributed by atoms with Gasteiger partial charge in [-0.2, -0.15) is 13.2 Å². The average Bonchev–Trinajstić information content (AvgIpc) is 2.73. The zero-order valence-corrected chi connectivity index (χ0v) is 20.4. The van der Waals surface area contributed by atoms with Crippen LogP contribution in [-0.2, 0) is 6.18 Å². The summed E-state index contributed by atoms with van der Waals surface area (Å²) in [4.78, 5) is 18.8. The van der Waals surface area contributed by atoms with Crippen LogP contribution in [0.2, 0.25) is 0 Å². The van der Waals surface area contributed by atoms with Crippen LogP contribution >= 0.6 is 11.6 Å². The Morgan fingerprint density at radius 2 is 2.09 bits per heavy atom. The Hall–Kier alpha value is -1.86. The monoisotopic (exact) mass is 483 g/mol. The first-order valence-corrected chi connectivity index (χ1v) is 11.9. The van der Waals surface area contributed by atoms with Gasteiger partial charge < -0.3 is 10.2 Å². The Morgan fingerprint density at radius 1 is 1.36 bits per heavy atom. The number of aromatic nitrogens is 1. The number of allylic oxidation sites excluding steroid dienone is 4. The van der Waals surface area contributed by atoms with E-state index in [4.69, 9.17) is 11.6 Å². The number of alkyl halides is 4. The predicted molar refractivity (Wildman–Crippen MR) is 125 cm³/mol. The Kier molecular flexibility index (Phi) is 7.95. The normalized spacial score (nSPS) is 24.5. The molecule has 1 amide bonds. The van der Waals surface area contributed by atoms with Gasteiger partial charge in [0.1, 0.15) is 0 Å². The highest BCUT2D eigenvalue weighted by molar-refractivity contribution is 6.22. The van der Waals surface area contributed by atoms with Crippen molar-refractivity contribution in [3.05, 3.63) is 53.4 Å². The fourth-order valence-electron chi connectivity index (χ4n) is 4.88. The molecule has 0 radical (unpaired) electrons. The van der Waals surface area contributed by atoms with Crippen LogP contribution in [0, 0.1) is 17.3 Å². The van der Waals surface area contributed by atoms with Crippen LogP contribution in [0.4, 0.5) is 13.2 Å². The summed E-state index contributed by atoms with van der Waals surface area (Å²) < 4.78 is 40.0. The third kappa shape index (κ3) is 6.38. The summed E-state index contributed by atoms with van der Waals surface area (Å²) in [6.45, 7) is 10.7. The number of rotatable bonds is 6. The highest BCUT2D eigenvalue weighted by Crippen LogP contribution is 2.41. The van der Waals surface area contributed by atoms with E-state index in [1.54, 1.807) is 0 Å². The van der Waals surface area contributed by atoms with E-state index in [1.165, 1.54) is 5.57 Å². The molecular weight excluding hydrogens is 451 g/mol. The van der Waals surface area contributed by atoms with E-state index in [0.29, 0.717) is 12.5 Å². The van der Waals surface area contributed by atoms with Crippen molar-refractivity contribution in [1.29, 1.82) is 0 Å². The molecule has 4 nitrogen and oxygen atoms in total. The largest absolute Gasteiger partial charge is 0.417 e. The molecule has 0 saturated carbocycles. The number of pyridine rings is 1. The van der Waals surface area contributed by atoms with E-state index in [-0.39, 0.29) is 22.8 Å². The van der Waals surface area contributed by atoms with Gasteiger partial charge in [0.2, 0.25) is 0 Å². The molecule has 1 saturated heterocycles. The maximum absolute atomic E-state index is 13.3. The molecule has 1 N–H and O–H groups in total. The molecule has 1 aliphatic carbocycles. The zero-order chi connectivity index (χ0) is 24.4. The Labute approximate surface area is 199 Å². The minimum atomic E-state index is -4.61. The number of nitrogens with one attached hydrogen (secondary N) is 1. The molecule has 3 rings (SSSR count). The average molecular weight is 484 g/mol. The van der Waals surface area contributed by atoms with Gasteiger partial charge in [0, 0.05) is 31.5 Å². The first kappa shape index (κ1) is 25.8. The van der Waals surface area contributed by atoms with Crippen LogP contribution < -0.4 is 5.32 Å². The molecule has 1 aromatic heterocycles. The minimum absolute atomic E-state index is 0.0198. The lowest BCUT2D eigenvalue weighted by Crippen LogP contribution is -2.53. The number of halogens is 4. The molecule has 3 atom stereocenters. The van der Waals surface area contributed by atoms with Crippen LogP contribution in [0.3, 0.4) is 0 Å². The molecule has 0 bridgehead atoms. The highest BCUT2D eigenvalue weighted by atomic mass is 35.5. The molecular formula is C25H33ClF3N3O. The SMILES string of the molecule is CC(C)[C@H](CN1CC[C@H](C2=CCC(Cl)C=C2)C(C)(C)C1)NC(=O)c1cnccc1C(F)(F)F. The number of hydrogen-bond acceptors (Lipinski definition) is 3. The molecule has 33 heavy (non-hydrogen) atoms. The number of carbonyl (C=O) groups is 1. The Morgan fingerprint density at radius 3 is 2.67 bits per heavy atom. The summed E-state index contributed by atoms with van der Waals surface area (Å²) in [6.07, 6.45) is 5.69. The number of likely N-dealkylation sites (tertiary alicyclic amines) is 1. The standard InChI is InChI=1S/C25H33ClF3N3O/c1-16(2)22(31-23(33)19-13-30-11-9-21(19)25(27,28)29)14-32-12-10-20(24(3,4)15-32)17-5-7-18(26)8-6-17/h5-7,9,11,13,16,18,20,22H,8,10,12,14-15H2,1-4H3,(H,31,33)/t18?,20-,22+/m1/s1. The molecule has 0 spiro atoms. The van der Waals surface area contributed by atoms with Gasteiger partial charge in [0.15, 0.2) is 0 Å². The summed E-state index contributed by atoms with van der Waals surface area (Å²) in [6, 6.07) is 0.560. The van der Waals surface area contributed by atoms with Gasteiger partial charge in [-0.05, 0) is 48.3 Å². The van der Waals surface area contributed by atoms with Crippen LogP contribution in [0.15, 0.2) is 42.3 Å². The van der Waals surface area contributed by atoms with Crippen LogP contribution in [0.1, 0.15) is 56.5 Å². The molecule has 1 unspecified atom stereocenters. The van der Waals surface area contributed by atoms with E-state index < -0.39 is 23.2 Å². The van der Waals surface area contributed by atoms with E-state index in [0.717, 1.165) is 44.4 Å². The van der Waals surface area contributed by atoms with Gasteiger partial charge in [0.25, 0.3) is 5.91 Å². The van der Waals surface area contributed by atoms with Crippen molar-refractivity contribution in [1.82, 2.24) is 15.2 Å². The van der Waals surface area contributed by atoms with Gasteiger partial charge in [0.05, 0.1) is 16.5 Å². The first-order valence-electron chi connectivity index (χ1n) is 11.4. The third-order valence-electron chi connectivity index (χ3n) is 6.73. The van der Waals surface area contributed by atoms with Crippen molar-refractivity contribution in [3.63, 3.8) is 0 Å². The summed E-state index contributed by atoms with van der Waals surface area (Å²) >= 11 is 6.18. The summed E-state index contributed by atoms with van der Waals surface area (Å²) in [5.41, 5.74) is -0.0522. The van der Waals surface area contributed by atoms with Crippen molar-refractivity contribution in [3.8, 4) is 0 Å². The summed E-state index contributed by atoms with van der Waals surface area (Å²) in [7, 11) is 0. The Balaban J connectivity index is 1.68. The zero-order valence-electron chi connectivity index (χ0n) is 19.6. The number of carbonyl (C=O) groups excluding carboxylic acids is 1. The van der Waals surface area contributed by atoms with Crippen molar-refractivity contribution in [2.75, 3.05) is 19.6 Å². The van der Waals surface area contributed by atoms with Gasteiger partial charge >= 0.3 is 6.18 Å². The number of piperidine rings is 1. The van der Waals surface area contributed by atoms with Crippen LogP contribution in [0.25, 0.3) is 0 Å². The quantitative estimate of drug-likeness (QED) is 0.528. The highest BCUT2D eigenvalue weighted by Gasteiger charge is 2.39.